The zero-order valence-electron chi connectivity index (χ0n) is 12.0. The molecular weight excluding hydrogens is 254 g/mol. The van der Waals surface area contributed by atoms with Gasteiger partial charge in [-0.15, -0.1) is 5.10 Å². The maximum absolute atomic E-state index is 12.1. The molecule has 110 valence electrons. The summed E-state index contributed by atoms with van der Waals surface area (Å²) in [6, 6.07) is 0.351. The van der Waals surface area contributed by atoms with Crippen molar-refractivity contribution in [2.24, 2.45) is 11.8 Å². The van der Waals surface area contributed by atoms with Gasteiger partial charge in [0.2, 0.25) is 0 Å². The largest absolute Gasteiger partial charge is 0.350 e. The van der Waals surface area contributed by atoms with E-state index < -0.39 is 0 Å². The molecule has 1 saturated heterocycles. The smallest absolute Gasteiger partial charge is 0.273 e. The van der Waals surface area contributed by atoms with Gasteiger partial charge in [-0.25, -0.2) is 4.68 Å². The first-order valence-corrected chi connectivity index (χ1v) is 7.63. The summed E-state index contributed by atoms with van der Waals surface area (Å²) >= 11 is 0. The van der Waals surface area contributed by atoms with E-state index in [9.17, 15) is 4.79 Å². The van der Waals surface area contributed by atoms with Crippen molar-refractivity contribution in [3.05, 3.63) is 11.9 Å². The van der Waals surface area contributed by atoms with Crippen molar-refractivity contribution >= 4 is 5.91 Å². The van der Waals surface area contributed by atoms with Crippen molar-refractivity contribution in [2.45, 2.75) is 38.6 Å². The van der Waals surface area contributed by atoms with Gasteiger partial charge in [-0.2, -0.15) is 0 Å². The minimum Gasteiger partial charge on any atom is -0.350 e. The average molecular weight is 277 g/mol. The lowest BCUT2D eigenvalue weighted by molar-refractivity contribution is 0.0936. The molecule has 0 unspecified atom stereocenters. The standard InChI is InChI=1S/C14H23N5O/c1-10-2-4-11(5-3-10)6-16-14(20)13-9-19(18-17-13)12-7-15-8-12/h9-12,15H,2-8H2,1H3,(H,16,20). The molecule has 6 heteroatoms. The second-order valence-electron chi connectivity index (χ2n) is 6.23. The number of hydrogen-bond donors (Lipinski definition) is 2. The molecule has 0 bridgehead atoms. The van der Waals surface area contributed by atoms with Gasteiger partial charge < -0.3 is 10.6 Å². The van der Waals surface area contributed by atoms with E-state index in [1.165, 1.54) is 25.7 Å². The van der Waals surface area contributed by atoms with E-state index in [0.29, 0.717) is 17.7 Å². The molecule has 2 fully saturated rings. The second-order valence-corrected chi connectivity index (χ2v) is 6.23. The van der Waals surface area contributed by atoms with Crippen molar-refractivity contribution in [2.75, 3.05) is 19.6 Å². The van der Waals surface area contributed by atoms with Gasteiger partial charge in [-0.3, -0.25) is 4.79 Å². The zero-order valence-corrected chi connectivity index (χ0v) is 12.0. The molecule has 20 heavy (non-hydrogen) atoms. The van der Waals surface area contributed by atoms with Crippen LogP contribution in [0.1, 0.15) is 49.1 Å². The summed E-state index contributed by atoms with van der Waals surface area (Å²) in [4.78, 5) is 12.1. The molecule has 1 amide bonds. The number of nitrogens with zero attached hydrogens (tertiary/aromatic N) is 3. The Hall–Kier alpha value is -1.43. The van der Waals surface area contributed by atoms with Crippen LogP contribution in [0.3, 0.4) is 0 Å². The summed E-state index contributed by atoms with van der Waals surface area (Å²) in [7, 11) is 0. The Bertz CT molecular complexity index is 460. The minimum atomic E-state index is -0.0952. The maximum Gasteiger partial charge on any atom is 0.273 e. The fourth-order valence-corrected chi connectivity index (χ4v) is 2.88. The van der Waals surface area contributed by atoms with Crippen LogP contribution in [0.4, 0.5) is 0 Å². The summed E-state index contributed by atoms with van der Waals surface area (Å²) in [5, 5.41) is 14.2. The van der Waals surface area contributed by atoms with Crippen molar-refractivity contribution in [3.63, 3.8) is 0 Å². The van der Waals surface area contributed by atoms with Gasteiger partial charge in [0.05, 0.1) is 12.2 Å². The van der Waals surface area contributed by atoms with Crippen LogP contribution in [0, 0.1) is 11.8 Å². The molecule has 0 spiro atoms. The Morgan fingerprint density at radius 2 is 2.15 bits per heavy atom. The summed E-state index contributed by atoms with van der Waals surface area (Å²) in [6.45, 7) is 4.89. The monoisotopic (exact) mass is 277 g/mol. The lowest BCUT2D eigenvalue weighted by Crippen LogP contribution is -2.43. The van der Waals surface area contributed by atoms with E-state index in [0.717, 1.165) is 25.6 Å². The third-order valence-electron chi connectivity index (χ3n) is 4.56. The summed E-state index contributed by atoms with van der Waals surface area (Å²) in [5.41, 5.74) is 0.432. The molecule has 1 aliphatic carbocycles. The van der Waals surface area contributed by atoms with Crippen molar-refractivity contribution in [1.29, 1.82) is 0 Å². The first kappa shape index (κ1) is 13.5. The SMILES string of the molecule is CC1CCC(CNC(=O)c2cn(C3CNC3)nn2)CC1. The number of amides is 1. The van der Waals surface area contributed by atoms with Gasteiger partial charge in [0.1, 0.15) is 0 Å². The van der Waals surface area contributed by atoms with Crippen LogP contribution in [0.2, 0.25) is 0 Å². The van der Waals surface area contributed by atoms with E-state index in [-0.39, 0.29) is 5.91 Å². The number of carbonyl (C=O) groups is 1. The summed E-state index contributed by atoms with van der Waals surface area (Å²) in [6.07, 6.45) is 6.77. The molecule has 0 atom stereocenters. The van der Waals surface area contributed by atoms with Crippen LogP contribution in [0.15, 0.2) is 6.20 Å². The minimum absolute atomic E-state index is 0.0952. The molecule has 2 N–H and O–H groups in total. The Kier molecular flexibility index (Phi) is 4.00. The normalized spacial score (nSPS) is 27.1. The number of nitrogens with one attached hydrogen (secondary N) is 2. The van der Waals surface area contributed by atoms with Crippen molar-refractivity contribution in [3.8, 4) is 0 Å². The molecule has 1 saturated carbocycles. The van der Waals surface area contributed by atoms with Crippen molar-refractivity contribution < 1.29 is 4.79 Å². The topological polar surface area (TPSA) is 71.8 Å². The Morgan fingerprint density at radius 3 is 2.80 bits per heavy atom. The highest BCUT2D eigenvalue weighted by atomic mass is 16.2. The molecule has 0 radical (unpaired) electrons. The number of rotatable bonds is 4. The third kappa shape index (κ3) is 3.00. The zero-order chi connectivity index (χ0) is 13.9. The van der Waals surface area contributed by atoms with Crippen LogP contribution in [0.5, 0.6) is 0 Å². The lowest BCUT2D eigenvalue weighted by Gasteiger charge is -2.26. The predicted octanol–water partition coefficient (Wildman–Crippen LogP) is 0.978. The van der Waals surface area contributed by atoms with E-state index in [1.807, 2.05) is 0 Å². The van der Waals surface area contributed by atoms with Gasteiger partial charge in [-0.1, -0.05) is 25.0 Å². The Morgan fingerprint density at radius 1 is 1.40 bits per heavy atom. The molecule has 2 aliphatic rings. The van der Waals surface area contributed by atoms with Crippen LogP contribution in [-0.4, -0.2) is 40.5 Å². The Labute approximate surface area is 119 Å². The second kappa shape index (κ2) is 5.91. The molecule has 6 nitrogen and oxygen atoms in total. The molecule has 1 aromatic heterocycles. The predicted molar refractivity (Wildman–Crippen MR) is 75.4 cm³/mol. The average Bonchev–Trinajstić information content (AvgIpc) is 2.85. The van der Waals surface area contributed by atoms with Gasteiger partial charge in [0.15, 0.2) is 5.69 Å². The van der Waals surface area contributed by atoms with E-state index >= 15 is 0 Å². The van der Waals surface area contributed by atoms with Crippen LogP contribution < -0.4 is 10.6 Å². The molecule has 3 rings (SSSR count). The highest BCUT2D eigenvalue weighted by Crippen LogP contribution is 2.27. The number of hydrogen-bond acceptors (Lipinski definition) is 4. The maximum atomic E-state index is 12.1. The van der Waals surface area contributed by atoms with Crippen LogP contribution in [0.25, 0.3) is 0 Å². The number of carbonyl (C=O) groups excluding carboxylic acids is 1. The fraction of sp³-hybridized carbons (Fsp3) is 0.786. The first-order chi connectivity index (χ1) is 9.72. The van der Waals surface area contributed by atoms with Gasteiger partial charge in [0.25, 0.3) is 5.91 Å². The molecule has 2 heterocycles. The van der Waals surface area contributed by atoms with Gasteiger partial charge in [0, 0.05) is 19.6 Å². The van der Waals surface area contributed by atoms with E-state index in [2.05, 4.69) is 27.9 Å². The first-order valence-electron chi connectivity index (χ1n) is 7.63. The lowest BCUT2D eigenvalue weighted by atomic mass is 9.83. The molecule has 0 aromatic carbocycles. The fourth-order valence-electron chi connectivity index (χ4n) is 2.88. The highest BCUT2D eigenvalue weighted by Gasteiger charge is 2.22. The summed E-state index contributed by atoms with van der Waals surface area (Å²) in [5.74, 6) is 1.38. The van der Waals surface area contributed by atoms with Gasteiger partial charge >= 0.3 is 0 Å². The van der Waals surface area contributed by atoms with E-state index in [4.69, 9.17) is 0 Å². The van der Waals surface area contributed by atoms with Crippen molar-refractivity contribution in [1.82, 2.24) is 25.6 Å². The third-order valence-corrected chi connectivity index (χ3v) is 4.56. The number of aromatic nitrogens is 3. The summed E-state index contributed by atoms with van der Waals surface area (Å²) < 4.78 is 1.79. The van der Waals surface area contributed by atoms with Crippen LogP contribution in [-0.2, 0) is 0 Å². The molecule has 1 aromatic rings. The highest BCUT2D eigenvalue weighted by molar-refractivity contribution is 5.91. The van der Waals surface area contributed by atoms with Gasteiger partial charge in [-0.05, 0) is 24.7 Å². The molecular formula is C14H23N5O. The van der Waals surface area contributed by atoms with E-state index in [1.54, 1.807) is 10.9 Å². The van der Waals surface area contributed by atoms with Crippen LogP contribution >= 0.6 is 0 Å². The quantitative estimate of drug-likeness (QED) is 0.860. The Balaban J connectivity index is 1.47. The molecule has 1 aliphatic heterocycles.